The monoisotopic (exact) mass is 642 g/mol. The molecule has 3 atom stereocenters. The maximum atomic E-state index is 13.2. The van der Waals surface area contributed by atoms with Gasteiger partial charge < -0.3 is 40.3 Å². The van der Waals surface area contributed by atoms with E-state index in [4.69, 9.17) is 20.2 Å². The summed E-state index contributed by atoms with van der Waals surface area (Å²) in [5.41, 5.74) is 11.4. The van der Waals surface area contributed by atoms with Crippen LogP contribution in [0.2, 0.25) is 0 Å². The number of fused-ring (bicyclic) bond motifs is 4. The van der Waals surface area contributed by atoms with Gasteiger partial charge in [-0.05, 0) is 72.4 Å². The zero-order valence-corrected chi connectivity index (χ0v) is 26.3. The topological polar surface area (TPSA) is 176 Å². The van der Waals surface area contributed by atoms with E-state index in [1.54, 1.807) is 42.5 Å². The number of carbonyl (C=O) groups is 3. The number of cyclic esters (lactones) is 1. The van der Waals surface area contributed by atoms with Crippen LogP contribution in [0.5, 0.6) is 11.5 Å². The zero-order chi connectivity index (χ0) is 33.4. The van der Waals surface area contributed by atoms with E-state index in [1.165, 1.54) is 11.8 Å². The standard InChI is InChI=1S/C35H38N4O8/c1-3-23-26-14-21(41)6-10-29(26)37-32-27(23)17-39-31(32)15-25-24(35(45)47-18-28(25)33(39)42)9-11-30(34(43)44)38(19(2)40)16-20-4-7-22(8-5-20)46-13-12-36/h4-8,10,14-15,24,30,33,41-42H,3,9,11-13,16-18,36H2,1-2H3,(H,43,44)/t24-,30-,33?/m1/s1. The summed E-state index contributed by atoms with van der Waals surface area (Å²) >= 11 is 0. The molecule has 0 bridgehead atoms. The Labute approximate surface area is 271 Å². The van der Waals surface area contributed by atoms with Crippen molar-refractivity contribution in [3.05, 3.63) is 82.1 Å². The maximum absolute atomic E-state index is 13.2. The van der Waals surface area contributed by atoms with E-state index in [9.17, 15) is 29.7 Å². The van der Waals surface area contributed by atoms with E-state index in [0.717, 1.165) is 22.1 Å². The molecule has 1 amide bonds. The number of nitrogens with two attached hydrogens (primary N) is 1. The Kier molecular flexibility index (Phi) is 8.89. The molecule has 3 aliphatic heterocycles. The number of allylic oxidation sites excluding steroid dienone is 1. The number of hydrogen-bond donors (Lipinski definition) is 4. The number of carbonyl (C=O) groups excluding carboxylic acids is 2. The van der Waals surface area contributed by atoms with Crippen molar-refractivity contribution in [2.24, 2.45) is 11.7 Å². The Morgan fingerprint density at radius 1 is 1.21 bits per heavy atom. The number of aliphatic hydroxyl groups excluding tert-OH is 1. The van der Waals surface area contributed by atoms with Crippen molar-refractivity contribution in [1.29, 1.82) is 0 Å². The Morgan fingerprint density at radius 3 is 2.66 bits per heavy atom. The molecule has 1 unspecified atom stereocenters. The molecule has 5 N–H and O–H groups in total. The number of hydrogen-bond acceptors (Lipinski definition) is 10. The van der Waals surface area contributed by atoms with Crippen molar-refractivity contribution in [2.45, 2.75) is 58.5 Å². The third-order valence-electron chi connectivity index (χ3n) is 9.18. The van der Waals surface area contributed by atoms with Gasteiger partial charge in [0.15, 0.2) is 6.23 Å². The molecule has 0 saturated carbocycles. The SMILES string of the molecule is CCc1c2c(nc3ccc(O)cc13)C1=CC3=C(COC(=O)[C@@H]3CC[C@H](C(=O)O)N(Cc3ccc(OCCN)cc3)C(C)=O)C(O)N1C2. The number of aromatic hydroxyl groups is 1. The van der Waals surface area contributed by atoms with Gasteiger partial charge in [0.2, 0.25) is 5.91 Å². The number of aliphatic carboxylic acids is 1. The molecule has 12 nitrogen and oxygen atoms in total. The van der Waals surface area contributed by atoms with Crippen LogP contribution in [0.1, 0.15) is 49.1 Å². The molecule has 0 aliphatic carbocycles. The number of benzene rings is 2. The lowest BCUT2D eigenvalue weighted by molar-refractivity contribution is -0.152. The molecule has 2 aromatic carbocycles. The fourth-order valence-electron chi connectivity index (χ4n) is 6.86. The first-order chi connectivity index (χ1) is 22.6. The van der Waals surface area contributed by atoms with Gasteiger partial charge in [-0.1, -0.05) is 19.1 Å². The fraction of sp³-hybridized carbons (Fsp3) is 0.371. The van der Waals surface area contributed by atoms with E-state index in [0.29, 0.717) is 59.9 Å². The number of aromatic nitrogens is 1. The normalized spacial score (nSPS) is 19.0. The van der Waals surface area contributed by atoms with Gasteiger partial charge in [-0.2, -0.15) is 0 Å². The minimum atomic E-state index is -1.21. The van der Waals surface area contributed by atoms with Gasteiger partial charge in [-0.25, -0.2) is 9.78 Å². The molecule has 6 rings (SSSR count). The molecule has 1 aromatic heterocycles. The average Bonchev–Trinajstić information content (AvgIpc) is 3.41. The number of ether oxygens (including phenoxy) is 2. The van der Waals surface area contributed by atoms with E-state index in [2.05, 4.69) is 0 Å². The molecule has 47 heavy (non-hydrogen) atoms. The number of phenols is 1. The van der Waals surface area contributed by atoms with Crippen LogP contribution in [-0.4, -0.2) is 80.0 Å². The highest BCUT2D eigenvalue weighted by Gasteiger charge is 2.43. The summed E-state index contributed by atoms with van der Waals surface area (Å²) in [6, 6.07) is 10.8. The van der Waals surface area contributed by atoms with Crippen molar-refractivity contribution in [2.75, 3.05) is 19.8 Å². The largest absolute Gasteiger partial charge is 0.508 e. The minimum absolute atomic E-state index is 0.0188. The van der Waals surface area contributed by atoms with Crippen molar-refractivity contribution in [3.63, 3.8) is 0 Å². The summed E-state index contributed by atoms with van der Waals surface area (Å²) in [5, 5.41) is 32.8. The number of carboxylic acids is 1. The minimum Gasteiger partial charge on any atom is -0.508 e. The second kappa shape index (κ2) is 13.0. The number of esters is 1. The summed E-state index contributed by atoms with van der Waals surface area (Å²) in [7, 11) is 0. The Balaban J connectivity index is 1.28. The van der Waals surface area contributed by atoms with E-state index in [-0.39, 0.29) is 31.7 Å². The number of aryl methyl sites for hydroxylation is 1. The van der Waals surface area contributed by atoms with Gasteiger partial charge in [0.05, 0.1) is 22.8 Å². The second-order valence-electron chi connectivity index (χ2n) is 12.0. The van der Waals surface area contributed by atoms with Gasteiger partial charge in [0, 0.05) is 43.1 Å². The van der Waals surface area contributed by atoms with Gasteiger partial charge in [-0.15, -0.1) is 0 Å². The first-order valence-electron chi connectivity index (χ1n) is 15.7. The highest BCUT2D eigenvalue weighted by atomic mass is 16.5. The second-order valence-corrected chi connectivity index (χ2v) is 12.0. The lowest BCUT2D eigenvalue weighted by Crippen LogP contribution is -2.45. The fourth-order valence-corrected chi connectivity index (χ4v) is 6.86. The number of carboxylic acid groups (broad SMARTS) is 1. The summed E-state index contributed by atoms with van der Waals surface area (Å²) in [4.78, 5) is 46.5. The zero-order valence-electron chi connectivity index (χ0n) is 26.3. The molecule has 246 valence electrons. The molecule has 3 aromatic rings. The number of amides is 1. The van der Waals surface area contributed by atoms with Crippen LogP contribution in [0.25, 0.3) is 16.6 Å². The van der Waals surface area contributed by atoms with Gasteiger partial charge >= 0.3 is 11.9 Å². The third kappa shape index (κ3) is 6.01. The smallest absolute Gasteiger partial charge is 0.326 e. The van der Waals surface area contributed by atoms with Crippen molar-refractivity contribution in [1.82, 2.24) is 14.8 Å². The molecular formula is C35H38N4O8. The first kappa shape index (κ1) is 32.0. The molecular weight excluding hydrogens is 604 g/mol. The number of nitrogens with zero attached hydrogens (tertiary/aromatic N) is 3. The van der Waals surface area contributed by atoms with Crippen LogP contribution < -0.4 is 10.5 Å². The molecule has 0 fully saturated rings. The van der Waals surface area contributed by atoms with Crippen molar-refractivity contribution in [3.8, 4) is 11.5 Å². The van der Waals surface area contributed by atoms with E-state index >= 15 is 0 Å². The molecule has 4 heterocycles. The predicted molar refractivity (Wildman–Crippen MR) is 172 cm³/mol. The van der Waals surface area contributed by atoms with Crippen LogP contribution in [0.4, 0.5) is 0 Å². The van der Waals surface area contributed by atoms with Crippen LogP contribution in [0, 0.1) is 5.92 Å². The third-order valence-corrected chi connectivity index (χ3v) is 9.18. The average molecular weight is 643 g/mol. The lowest BCUT2D eigenvalue weighted by atomic mass is 9.84. The van der Waals surface area contributed by atoms with Crippen LogP contribution in [0.15, 0.2) is 59.7 Å². The van der Waals surface area contributed by atoms with E-state index < -0.39 is 36.0 Å². The number of rotatable bonds is 11. The molecule has 12 heteroatoms. The van der Waals surface area contributed by atoms with Crippen LogP contribution in [-0.2, 0) is 38.6 Å². The van der Waals surface area contributed by atoms with Crippen LogP contribution >= 0.6 is 0 Å². The van der Waals surface area contributed by atoms with Gasteiger partial charge in [0.25, 0.3) is 0 Å². The summed E-state index contributed by atoms with van der Waals surface area (Å²) in [6.45, 7) is 4.45. The van der Waals surface area contributed by atoms with E-state index in [1.807, 2.05) is 17.9 Å². The highest BCUT2D eigenvalue weighted by Crippen LogP contribution is 2.45. The Bertz CT molecular complexity index is 1800. The molecule has 3 aliphatic rings. The predicted octanol–water partition coefficient (Wildman–Crippen LogP) is 3.08. The van der Waals surface area contributed by atoms with Crippen LogP contribution in [0.3, 0.4) is 0 Å². The van der Waals surface area contributed by atoms with Gasteiger partial charge in [-0.3, -0.25) is 9.59 Å². The maximum Gasteiger partial charge on any atom is 0.326 e. The highest BCUT2D eigenvalue weighted by molar-refractivity contribution is 5.90. The summed E-state index contributed by atoms with van der Waals surface area (Å²) < 4.78 is 11.0. The molecule has 0 radical (unpaired) electrons. The first-order valence-corrected chi connectivity index (χ1v) is 15.7. The Morgan fingerprint density at radius 2 is 1.98 bits per heavy atom. The summed E-state index contributed by atoms with van der Waals surface area (Å²) in [6.07, 6.45) is 1.55. The van der Waals surface area contributed by atoms with Gasteiger partial charge in [0.1, 0.15) is 30.8 Å². The number of pyridine rings is 1. The Hall–Kier alpha value is -4.94. The van der Waals surface area contributed by atoms with Crippen molar-refractivity contribution >= 4 is 34.4 Å². The molecule has 0 spiro atoms. The van der Waals surface area contributed by atoms with Crippen molar-refractivity contribution < 1.29 is 39.2 Å². The number of phenolic OH excluding ortho intramolecular Hbond substituents is 1. The number of aliphatic hydroxyl groups is 1. The summed E-state index contributed by atoms with van der Waals surface area (Å²) in [5.74, 6) is -2.20. The quantitative estimate of drug-likeness (QED) is 0.226. The lowest BCUT2D eigenvalue weighted by Gasteiger charge is -2.38. The molecule has 0 saturated heterocycles.